The summed E-state index contributed by atoms with van der Waals surface area (Å²) in [7, 11) is 0.884. The third kappa shape index (κ3) is 3.12. The predicted octanol–water partition coefficient (Wildman–Crippen LogP) is 2.16. The van der Waals surface area contributed by atoms with Crippen LogP contribution in [0.2, 0.25) is 0 Å². The van der Waals surface area contributed by atoms with Crippen molar-refractivity contribution < 1.29 is 17.9 Å². The van der Waals surface area contributed by atoms with Gasteiger partial charge in [0, 0.05) is 18.7 Å². The molecule has 0 radical (unpaired) electrons. The maximum absolute atomic E-state index is 12.8. The van der Waals surface area contributed by atoms with E-state index < -0.39 is 10.0 Å². The van der Waals surface area contributed by atoms with Crippen LogP contribution in [0.25, 0.3) is 0 Å². The zero-order chi connectivity index (χ0) is 17.4. The maximum Gasteiger partial charge on any atom is 0.263 e. The average molecular weight is 339 g/mol. The highest BCUT2D eigenvalue weighted by atomic mass is 32.2. The lowest BCUT2D eigenvalue weighted by Gasteiger charge is -2.14. The van der Waals surface area contributed by atoms with E-state index in [0.29, 0.717) is 22.9 Å². The number of sulfonamides is 1. The summed E-state index contributed by atoms with van der Waals surface area (Å²) in [6.07, 6.45) is 0. The molecule has 126 valence electrons. The van der Waals surface area contributed by atoms with E-state index in [9.17, 15) is 8.42 Å². The van der Waals surface area contributed by atoms with Gasteiger partial charge in [0.15, 0.2) is 11.5 Å². The number of methoxy groups -OCH3 is 2. The van der Waals surface area contributed by atoms with Gasteiger partial charge in [0.2, 0.25) is 0 Å². The lowest BCUT2D eigenvalue weighted by Crippen LogP contribution is -2.17. The molecule has 0 bridgehead atoms. The van der Waals surface area contributed by atoms with E-state index in [1.807, 2.05) is 13.8 Å². The Hall–Kier alpha value is -2.22. The number of benzene rings is 1. The van der Waals surface area contributed by atoms with Gasteiger partial charge in [0.05, 0.1) is 24.8 Å². The number of ether oxygens (including phenoxy) is 2. The number of aryl methyl sites for hydroxylation is 3. The Morgan fingerprint density at radius 2 is 1.65 bits per heavy atom. The fourth-order valence-electron chi connectivity index (χ4n) is 2.34. The lowest BCUT2D eigenvalue weighted by atomic mass is 10.2. The number of anilines is 1. The summed E-state index contributed by atoms with van der Waals surface area (Å²) in [4.78, 5) is 0.133. The summed E-state index contributed by atoms with van der Waals surface area (Å²) in [5.41, 5.74) is 2.12. The van der Waals surface area contributed by atoms with Gasteiger partial charge in [-0.1, -0.05) is 0 Å². The quantitative estimate of drug-likeness (QED) is 0.903. The Morgan fingerprint density at radius 3 is 2.13 bits per heavy atom. The van der Waals surface area contributed by atoms with Crippen molar-refractivity contribution in [1.29, 1.82) is 0 Å². The van der Waals surface area contributed by atoms with Crippen molar-refractivity contribution in [2.75, 3.05) is 18.9 Å². The standard InChI is InChI=1S/C15H21N3O4S/c1-9-7-12(21-5)13(22-6)8-14(9)23(19,20)17-15-10(2)11(3)16-18(15)4/h7-8,17H,1-6H3. The van der Waals surface area contributed by atoms with E-state index in [4.69, 9.17) is 9.47 Å². The lowest BCUT2D eigenvalue weighted by molar-refractivity contribution is 0.353. The maximum atomic E-state index is 12.8. The Kier molecular flexibility index (Phi) is 4.56. The molecular weight excluding hydrogens is 318 g/mol. The van der Waals surface area contributed by atoms with Crippen LogP contribution < -0.4 is 14.2 Å². The zero-order valence-electron chi connectivity index (χ0n) is 14.1. The topological polar surface area (TPSA) is 82.5 Å². The van der Waals surface area contributed by atoms with Gasteiger partial charge in [-0.3, -0.25) is 9.40 Å². The first kappa shape index (κ1) is 17.1. The van der Waals surface area contributed by atoms with E-state index >= 15 is 0 Å². The van der Waals surface area contributed by atoms with Crippen LogP contribution in [-0.2, 0) is 17.1 Å². The second kappa shape index (κ2) is 6.11. The Morgan fingerprint density at radius 1 is 1.09 bits per heavy atom. The number of hydrogen-bond acceptors (Lipinski definition) is 5. The molecule has 0 aliphatic heterocycles. The smallest absolute Gasteiger partial charge is 0.263 e. The normalized spacial score (nSPS) is 11.4. The van der Waals surface area contributed by atoms with Crippen LogP contribution >= 0.6 is 0 Å². The number of rotatable bonds is 5. The van der Waals surface area contributed by atoms with Gasteiger partial charge in [-0.15, -0.1) is 0 Å². The Labute approximate surface area is 136 Å². The molecule has 0 unspecified atom stereocenters. The molecule has 0 saturated carbocycles. The minimum absolute atomic E-state index is 0.133. The van der Waals surface area contributed by atoms with Crippen LogP contribution in [0.3, 0.4) is 0 Å². The van der Waals surface area contributed by atoms with Gasteiger partial charge in [-0.2, -0.15) is 5.10 Å². The van der Waals surface area contributed by atoms with Gasteiger partial charge in [-0.05, 0) is 32.4 Å². The molecule has 1 aromatic carbocycles. The third-order valence-corrected chi connectivity index (χ3v) is 5.20. The zero-order valence-corrected chi connectivity index (χ0v) is 14.9. The number of nitrogens with one attached hydrogen (secondary N) is 1. The van der Waals surface area contributed by atoms with Crippen LogP contribution in [0.1, 0.15) is 16.8 Å². The highest BCUT2D eigenvalue weighted by molar-refractivity contribution is 7.92. The summed E-state index contributed by atoms with van der Waals surface area (Å²) >= 11 is 0. The van der Waals surface area contributed by atoms with Gasteiger partial charge in [0.25, 0.3) is 10.0 Å². The molecule has 2 aromatic rings. The number of nitrogens with zero attached hydrogens (tertiary/aromatic N) is 2. The molecule has 0 aliphatic rings. The fraction of sp³-hybridized carbons (Fsp3) is 0.400. The van der Waals surface area contributed by atoms with Crippen molar-refractivity contribution in [2.45, 2.75) is 25.7 Å². The van der Waals surface area contributed by atoms with Crippen molar-refractivity contribution in [3.05, 3.63) is 29.0 Å². The monoisotopic (exact) mass is 339 g/mol. The van der Waals surface area contributed by atoms with Crippen molar-refractivity contribution in [3.63, 3.8) is 0 Å². The Balaban J connectivity index is 2.52. The fourth-order valence-corrected chi connectivity index (χ4v) is 3.74. The average Bonchev–Trinajstić information content (AvgIpc) is 2.72. The summed E-state index contributed by atoms with van der Waals surface area (Å²) in [6, 6.07) is 3.09. The van der Waals surface area contributed by atoms with E-state index in [-0.39, 0.29) is 4.90 Å². The molecule has 0 saturated heterocycles. The van der Waals surface area contributed by atoms with Crippen molar-refractivity contribution in [3.8, 4) is 11.5 Å². The molecule has 8 heteroatoms. The molecule has 0 spiro atoms. The van der Waals surface area contributed by atoms with Gasteiger partial charge < -0.3 is 9.47 Å². The molecule has 1 N–H and O–H groups in total. The second-order valence-electron chi connectivity index (χ2n) is 5.26. The largest absolute Gasteiger partial charge is 0.493 e. The summed E-state index contributed by atoms with van der Waals surface area (Å²) in [6.45, 7) is 5.36. The van der Waals surface area contributed by atoms with Crippen molar-refractivity contribution in [2.24, 2.45) is 7.05 Å². The molecule has 23 heavy (non-hydrogen) atoms. The number of aromatic nitrogens is 2. The van der Waals surface area contributed by atoms with Crippen LogP contribution in [0.4, 0.5) is 5.82 Å². The van der Waals surface area contributed by atoms with Crippen LogP contribution in [-0.4, -0.2) is 32.4 Å². The molecule has 7 nitrogen and oxygen atoms in total. The first-order valence-electron chi connectivity index (χ1n) is 6.97. The SMILES string of the molecule is COc1cc(C)c(S(=O)(=O)Nc2c(C)c(C)nn2C)cc1OC. The minimum Gasteiger partial charge on any atom is -0.493 e. The highest BCUT2D eigenvalue weighted by Gasteiger charge is 2.23. The first-order chi connectivity index (χ1) is 10.7. The molecular formula is C15H21N3O4S. The molecule has 2 rings (SSSR count). The van der Waals surface area contributed by atoms with Crippen molar-refractivity contribution >= 4 is 15.8 Å². The summed E-state index contributed by atoms with van der Waals surface area (Å²) < 4.78 is 40.0. The summed E-state index contributed by atoms with van der Waals surface area (Å²) in [5.74, 6) is 1.28. The molecule has 0 atom stereocenters. The van der Waals surface area contributed by atoms with E-state index in [2.05, 4.69) is 9.82 Å². The van der Waals surface area contributed by atoms with Gasteiger partial charge in [0.1, 0.15) is 5.82 Å². The van der Waals surface area contributed by atoms with Gasteiger partial charge >= 0.3 is 0 Å². The molecule has 0 fully saturated rings. The molecule has 1 aromatic heterocycles. The molecule has 1 heterocycles. The minimum atomic E-state index is -3.78. The second-order valence-corrected chi connectivity index (χ2v) is 6.91. The van der Waals surface area contributed by atoms with Gasteiger partial charge in [-0.25, -0.2) is 8.42 Å². The first-order valence-corrected chi connectivity index (χ1v) is 8.45. The molecule has 0 amide bonds. The van der Waals surface area contributed by atoms with Crippen LogP contribution in [0.5, 0.6) is 11.5 Å². The van der Waals surface area contributed by atoms with Crippen LogP contribution in [0, 0.1) is 20.8 Å². The van der Waals surface area contributed by atoms with E-state index in [1.165, 1.54) is 25.0 Å². The van der Waals surface area contributed by atoms with Crippen LogP contribution in [0.15, 0.2) is 17.0 Å². The Bertz CT molecular complexity index is 841. The highest BCUT2D eigenvalue weighted by Crippen LogP contribution is 2.33. The number of hydrogen-bond donors (Lipinski definition) is 1. The van der Waals surface area contributed by atoms with E-state index in [1.54, 1.807) is 20.0 Å². The predicted molar refractivity (Wildman–Crippen MR) is 87.8 cm³/mol. The van der Waals surface area contributed by atoms with E-state index in [0.717, 1.165) is 11.3 Å². The van der Waals surface area contributed by atoms with Crippen molar-refractivity contribution in [1.82, 2.24) is 9.78 Å². The third-order valence-electron chi connectivity index (χ3n) is 3.72. The molecule has 0 aliphatic carbocycles. The summed E-state index contributed by atoms with van der Waals surface area (Å²) in [5, 5.41) is 4.22.